The molecule has 0 atom stereocenters. The van der Waals surface area contributed by atoms with Crippen LogP contribution in [-0.4, -0.2) is 32.8 Å². The van der Waals surface area contributed by atoms with Gasteiger partial charge in [0.1, 0.15) is 12.4 Å². The summed E-state index contributed by atoms with van der Waals surface area (Å²) < 4.78 is 5.57. The number of rotatable bonds is 9. The molecule has 3 heteroatoms. The van der Waals surface area contributed by atoms with Crippen LogP contribution in [0.2, 0.25) is 0 Å². The highest BCUT2D eigenvalue weighted by atomic mass is 16.5. The van der Waals surface area contributed by atoms with Crippen LogP contribution in [0.4, 0.5) is 0 Å². The van der Waals surface area contributed by atoms with Crippen molar-refractivity contribution in [1.82, 2.24) is 10.6 Å². The first-order valence-corrected chi connectivity index (χ1v) is 6.38. The molecule has 1 aromatic carbocycles. The molecule has 0 aromatic heterocycles. The van der Waals surface area contributed by atoms with Crippen molar-refractivity contribution >= 4 is 0 Å². The van der Waals surface area contributed by atoms with Gasteiger partial charge in [0.2, 0.25) is 0 Å². The second kappa shape index (κ2) is 9.02. The molecule has 0 spiro atoms. The average molecular weight is 236 g/mol. The lowest BCUT2D eigenvalue weighted by atomic mass is 10.2. The molecule has 1 aromatic rings. The van der Waals surface area contributed by atoms with Gasteiger partial charge in [-0.05, 0) is 24.6 Å². The summed E-state index contributed by atoms with van der Waals surface area (Å²) >= 11 is 0. The number of para-hydroxylation sites is 1. The molecule has 2 N–H and O–H groups in total. The summed E-state index contributed by atoms with van der Waals surface area (Å²) in [6, 6.07) is 9.91. The van der Waals surface area contributed by atoms with E-state index < -0.39 is 0 Å². The lowest BCUT2D eigenvalue weighted by molar-refractivity contribution is 0.314. The zero-order valence-electron chi connectivity index (χ0n) is 10.9. The molecule has 0 saturated carbocycles. The zero-order chi connectivity index (χ0) is 12.3. The fraction of sp³-hybridized carbons (Fsp3) is 0.571. The molecule has 0 aliphatic carbocycles. The third-order valence-corrected chi connectivity index (χ3v) is 2.32. The van der Waals surface area contributed by atoms with Gasteiger partial charge in [0.25, 0.3) is 0 Å². The highest BCUT2D eigenvalue weighted by molar-refractivity contribution is 5.20. The van der Waals surface area contributed by atoms with Gasteiger partial charge in [-0.1, -0.05) is 32.0 Å². The van der Waals surface area contributed by atoms with Crippen LogP contribution in [0.1, 0.15) is 13.8 Å². The number of ether oxygens (including phenoxy) is 1. The standard InChI is InChI=1S/C14H24N2O/c1-13(2)12-16-9-8-15-10-11-17-14-6-4-3-5-7-14/h3-7,13,15-16H,8-12H2,1-2H3. The maximum atomic E-state index is 5.57. The smallest absolute Gasteiger partial charge is 0.119 e. The van der Waals surface area contributed by atoms with Crippen molar-refractivity contribution in [3.05, 3.63) is 30.3 Å². The van der Waals surface area contributed by atoms with E-state index in [1.165, 1.54) is 0 Å². The Morgan fingerprint density at radius 1 is 1.00 bits per heavy atom. The molecule has 0 bridgehead atoms. The minimum absolute atomic E-state index is 0.716. The molecule has 0 fully saturated rings. The maximum Gasteiger partial charge on any atom is 0.119 e. The molecule has 17 heavy (non-hydrogen) atoms. The SMILES string of the molecule is CC(C)CNCCNCCOc1ccccc1. The summed E-state index contributed by atoms with van der Waals surface area (Å²) in [6.07, 6.45) is 0. The van der Waals surface area contributed by atoms with E-state index in [-0.39, 0.29) is 0 Å². The second-order valence-electron chi connectivity index (χ2n) is 4.51. The van der Waals surface area contributed by atoms with Gasteiger partial charge in [0.05, 0.1) is 0 Å². The van der Waals surface area contributed by atoms with E-state index in [2.05, 4.69) is 24.5 Å². The number of nitrogens with one attached hydrogen (secondary N) is 2. The number of hydrogen-bond donors (Lipinski definition) is 2. The third kappa shape index (κ3) is 7.77. The molecule has 3 nitrogen and oxygen atoms in total. The van der Waals surface area contributed by atoms with E-state index in [0.717, 1.165) is 37.8 Å². The second-order valence-corrected chi connectivity index (χ2v) is 4.51. The Morgan fingerprint density at radius 3 is 2.41 bits per heavy atom. The number of hydrogen-bond acceptors (Lipinski definition) is 3. The van der Waals surface area contributed by atoms with Gasteiger partial charge in [-0.25, -0.2) is 0 Å². The molecular formula is C14H24N2O. The highest BCUT2D eigenvalue weighted by Gasteiger charge is 1.93. The maximum absolute atomic E-state index is 5.57. The lowest BCUT2D eigenvalue weighted by Gasteiger charge is -2.09. The Morgan fingerprint density at radius 2 is 1.71 bits per heavy atom. The first-order chi connectivity index (χ1) is 8.29. The van der Waals surface area contributed by atoms with Crippen LogP contribution >= 0.6 is 0 Å². The average Bonchev–Trinajstić information content (AvgIpc) is 2.33. The van der Waals surface area contributed by atoms with E-state index in [9.17, 15) is 0 Å². The van der Waals surface area contributed by atoms with Gasteiger partial charge in [0, 0.05) is 19.6 Å². The lowest BCUT2D eigenvalue weighted by Crippen LogP contribution is -2.31. The fourth-order valence-corrected chi connectivity index (χ4v) is 1.45. The number of benzene rings is 1. The zero-order valence-corrected chi connectivity index (χ0v) is 10.9. The van der Waals surface area contributed by atoms with Crippen LogP contribution in [-0.2, 0) is 0 Å². The van der Waals surface area contributed by atoms with Crippen LogP contribution < -0.4 is 15.4 Å². The van der Waals surface area contributed by atoms with E-state index in [1.54, 1.807) is 0 Å². The Labute approximate surface area is 105 Å². The summed E-state index contributed by atoms with van der Waals surface area (Å²) in [4.78, 5) is 0. The molecule has 0 aliphatic rings. The van der Waals surface area contributed by atoms with Gasteiger partial charge in [-0.15, -0.1) is 0 Å². The predicted molar refractivity (Wildman–Crippen MR) is 72.5 cm³/mol. The van der Waals surface area contributed by atoms with Gasteiger partial charge in [0.15, 0.2) is 0 Å². The van der Waals surface area contributed by atoms with Gasteiger partial charge in [-0.2, -0.15) is 0 Å². The molecule has 0 unspecified atom stereocenters. The van der Waals surface area contributed by atoms with Crippen LogP contribution in [0.15, 0.2) is 30.3 Å². The molecule has 0 heterocycles. The van der Waals surface area contributed by atoms with E-state index in [1.807, 2.05) is 30.3 Å². The van der Waals surface area contributed by atoms with Crippen molar-refractivity contribution < 1.29 is 4.74 Å². The molecule has 0 radical (unpaired) electrons. The van der Waals surface area contributed by atoms with Crippen molar-refractivity contribution in [1.29, 1.82) is 0 Å². The van der Waals surface area contributed by atoms with Crippen molar-refractivity contribution in [2.45, 2.75) is 13.8 Å². The summed E-state index contributed by atoms with van der Waals surface area (Å²) in [5.74, 6) is 1.66. The summed E-state index contributed by atoms with van der Waals surface area (Å²) in [5.41, 5.74) is 0. The molecule has 0 saturated heterocycles. The van der Waals surface area contributed by atoms with Gasteiger partial charge >= 0.3 is 0 Å². The minimum Gasteiger partial charge on any atom is -0.492 e. The molecule has 0 aliphatic heterocycles. The van der Waals surface area contributed by atoms with Crippen molar-refractivity contribution in [2.24, 2.45) is 5.92 Å². The van der Waals surface area contributed by atoms with Gasteiger partial charge in [-0.3, -0.25) is 0 Å². The predicted octanol–water partition coefficient (Wildman–Crippen LogP) is 1.90. The molecular weight excluding hydrogens is 212 g/mol. The topological polar surface area (TPSA) is 33.3 Å². The first kappa shape index (κ1) is 14.0. The molecule has 0 amide bonds. The minimum atomic E-state index is 0.716. The van der Waals surface area contributed by atoms with Crippen LogP contribution in [0, 0.1) is 5.92 Å². The molecule has 1 rings (SSSR count). The van der Waals surface area contributed by atoms with Crippen molar-refractivity contribution in [2.75, 3.05) is 32.8 Å². The Kier molecular flexibility index (Phi) is 7.43. The van der Waals surface area contributed by atoms with Crippen LogP contribution in [0.5, 0.6) is 5.75 Å². The van der Waals surface area contributed by atoms with Crippen LogP contribution in [0.25, 0.3) is 0 Å². The first-order valence-electron chi connectivity index (χ1n) is 6.38. The summed E-state index contributed by atoms with van der Waals surface area (Å²) in [5, 5.41) is 6.73. The van der Waals surface area contributed by atoms with Crippen molar-refractivity contribution in [3.63, 3.8) is 0 Å². The quantitative estimate of drug-likeness (QED) is 0.643. The highest BCUT2D eigenvalue weighted by Crippen LogP contribution is 2.07. The molecule has 96 valence electrons. The Balaban J connectivity index is 1.88. The fourth-order valence-electron chi connectivity index (χ4n) is 1.45. The summed E-state index contributed by atoms with van der Waals surface area (Å²) in [7, 11) is 0. The largest absolute Gasteiger partial charge is 0.492 e. The Hall–Kier alpha value is -1.06. The Bertz CT molecular complexity index is 275. The monoisotopic (exact) mass is 236 g/mol. The summed E-state index contributed by atoms with van der Waals surface area (Å²) in [6.45, 7) is 9.13. The normalized spacial score (nSPS) is 10.8. The van der Waals surface area contributed by atoms with E-state index in [4.69, 9.17) is 4.74 Å². The van der Waals surface area contributed by atoms with Crippen LogP contribution in [0.3, 0.4) is 0 Å². The van der Waals surface area contributed by atoms with Crippen molar-refractivity contribution in [3.8, 4) is 5.75 Å². The van der Waals surface area contributed by atoms with Gasteiger partial charge < -0.3 is 15.4 Å². The van der Waals surface area contributed by atoms with E-state index >= 15 is 0 Å². The third-order valence-electron chi connectivity index (χ3n) is 2.32. The van der Waals surface area contributed by atoms with E-state index in [0.29, 0.717) is 6.61 Å².